The van der Waals surface area contributed by atoms with Crippen LogP contribution in [0.4, 0.5) is 0 Å². The van der Waals surface area contributed by atoms with Gasteiger partial charge in [0.05, 0.1) is 4.88 Å². The maximum atomic E-state index is 10.9. The molecule has 4 heteroatoms. The van der Waals surface area contributed by atoms with Gasteiger partial charge in [0.2, 0.25) is 0 Å². The average Bonchev–Trinajstić information content (AvgIpc) is 2.46. The van der Waals surface area contributed by atoms with E-state index in [1.165, 1.54) is 11.3 Å². The average molecular weight is 276 g/mol. The van der Waals surface area contributed by atoms with Crippen LogP contribution in [0.2, 0.25) is 0 Å². The Balaban J connectivity index is 2.68. The topological polar surface area (TPSA) is 17.1 Å². The van der Waals surface area contributed by atoms with Crippen molar-refractivity contribution in [3.8, 4) is 0 Å². The molecule has 0 N–H and O–H groups in total. The van der Waals surface area contributed by atoms with Crippen LogP contribution >= 0.6 is 38.9 Å². The molecule has 2 aromatic rings. The molecule has 0 aliphatic heterocycles. The predicted molar refractivity (Wildman–Crippen MR) is 59.7 cm³/mol. The largest absolute Gasteiger partial charge is 0.275 e. The molecule has 1 heterocycles. The van der Waals surface area contributed by atoms with E-state index < -0.39 is 5.24 Å². The van der Waals surface area contributed by atoms with Gasteiger partial charge in [0.25, 0.3) is 5.24 Å². The van der Waals surface area contributed by atoms with Crippen molar-refractivity contribution >= 4 is 54.2 Å². The fraction of sp³-hybridized carbons (Fsp3) is 0. The highest BCUT2D eigenvalue weighted by Crippen LogP contribution is 2.29. The van der Waals surface area contributed by atoms with Crippen LogP contribution in [0.25, 0.3) is 10.1 Å². The molecule has 0 atom stereocenters. The predicted octanol–water partition coefficient (Wildman–Crippen LogP) is 4.04. The minimum atomic E-state index is -0.391. The van der Waals surface area contributed by atoms with Gasteiger partial charge in [-0.1, -0.05) is 22.0 Å². The van der Waals surface area contributed by atoms with Crippen molar-refractivity contribution in [3.05, 3.63) is 33.6 Å². The van der Waals surface area contributed by atoms with E-state index in [-0.39, 0.29) is 0 Å². The molecule has 0 unspecified atom stereocenters. The molecule has 0 amide bonds. The van der Waals surface area contributed by atoms with Crippen molar-refractivity contribution in [2.24, 2.45) is 0 Å². The van der Waals surface area contributed by atoms with Crippen LogP contribution in [0.5, 0.6) is 0 Å². The first-order valence-electron chi connectivity index (χ1n) is 3.56. The van der Waals surface area contributed by atoms with Crippen LogP contribution in [0.15, 0.2) is 28.7 Å². The molecule has 2 rings (SSSR count). The van der Waals surface area contributed by atoms with E-state index in [2.05, 4.69) is 15.9 Å². The SMILES string of the molecule is O=C(Cl)c1cc2ccc(Br)cc2s1. The van der Waals surface area contributed by atoms with Gasteiger partial charge >= 0.3 is 0 Å². The number of rotatable bonds is 1. The van der Waals surface area contributed by atoms with Gasteiger partial charge in [-0.3, -0.25) is 4.79 Å². The maximum Gasteiger partial charge on any atom is 0.262 e. The monoisotopic (exact) mass is 274 g/mol. The van der Waals surface area contributed by atoms with Crippen LogP contribution < -0.4 is 0 Å². The lowest BCUT2D eigenvalue weighted by Gasteiger charge is -1.88. The fourth-order valence-corrected chi connectivity index (χ4v) is 2.72. The number of hydrogen-bond acceptors (Lipinski definition) is 2. The molecule has 66 valence electrons. The normalized spacial score (nSPS) is 10.6. The van der Waals surface area contributed by atoms with Crippen LogP contribution in [0, 0.1) is 0 Å². The fourth-order valence-electron chi connectivity index (χ4n) is 1.10. The minimum absolute atomic E-state index is 0.391. The highest BCUT2D eigenvalue weighted by Gasteiger charge is 2.06. The first kappa shape index (κ1) is 9.19. The Kier molecular flexibility index (Phi) is 2.41. The van der Waals surface area contributed by atoms with Crippen molar-refractivity contribution < 1.29 is 4.79 Å². The standard InChI is InChI=1S/C9H4BrClOS/c10-6-2-1-5-3-8(9(11)12)13-7(5)4-6/h1-4H. The molecular formula is C9H4BrClOS. The van der Waals surface area contributed by atoms with E-state index >= 15 is 0 Å². The highest BCUT2D eigenvalue weighted by atomic mass is 79.9. The lowest BCUT2D eigenvalue weighted by atomic mass is 10.2. The zero-order chi connectivity index (χ0) is 9.42. The minimum Gasteiger partial charge on any atom is -0.275 e. The quantitative estimate of drug-likeness (QED) is 0.718. The molecular weight excluding hydrogens is 272 g/mol. The molecule has 13 heavy (non-hydrogen) atoms. The van der Waals surface area contributed by atoms with Crippen molar-refractivity contribution in [1.82, 2.24) is 0 Å². The van der Waals surface area contributed by atoms with E-state index in [9.17, 15) is 4.79 Å². The molecule has 0 bridgehead atoms. The molecule has 0 aliphatic carbocycles. The van der Waals surface area contributed by atoms with Crippen LogP contribution in [-0.2, 0) is 0 Å². The van der Waals surface area contributed by atoms with Gasteiger partial charge in [-0.2, -0.15) is 0 Å². The van der Waals surface area contributed by atoms with Gasteiger partial charge in [0.1, 0.15) is 0 Å². The Bertz CT molecular complexity index is 477. The Morgan fingerprint density at radius 1 is 1.38 bits per heavy atom. The molecule has 0 saturated heterocycles. The van der Waals surface area contributed by atoms with E-state index in [1.54, 1.807) is 0 Å². The van der Waals surface area contributed by atoms with Gasteiger partial charge in [-0.25, -0.2) is 0 Å². The first-order chi connectivity index (χ1) is 6.16. The number of halogens is 2. The van der Waals surface area contributed by atoms with Crippen molar-refractivity contribution in [3.63, 3.8) is 0 Å². The number of benzene rings is 1. The van der Waals surface area contributed by atoms with Crippen molar-refractivity contribution in [1.29, 1.82) is 0 Å². The smallest absolute Gasteiger partial charge is 0.262 e. The van der Waals surface area contributed by atoms with Crippen LogP contribution in [0.1, 0.15) is 9.67 Å². The number of thiophene rings is 1. The summed E-state index contributed by atoms with van der Waals surface area (Å²) in [5, 5.41) is 0.662. The van der Waals surface area contributed by atoms with E-state index in [4.69, 9.17) is 11.6 Å². The zero-order valence-corrected chi connectivity index (χ0v) is 9.54. The molecule has 0 fully saturated rings. The van der Waals surface area contributed by atoms with Gasteiger partial charge in [0.15, 0.2) is 0 Å². The maximum absolute atomic E-state index is 10.9. The Hall–Kier alpha value is -0.380. The summed E-state index contributed by atoms with van der Waals surface area (Å²) in [6.07, 6.45) is 0. The third-order valence-corrected chi connectivity index (χ3v) is 3.58. The molecule has 1 aromatic carbocycles. The number of hydrogen-bond donors (Lipinski definition) is 0. The second-order valence-electron chi connectivity index (χ2n) is 2.57. The van der Waals surface area contributed by atoms with Gasteiger partial charge in [-0.05, 0) is 35.2 Å². The summed E-state index contributed by atoms with van der Waals surface area (Å²) >= 11 is 10.1. The molecule has 1 aromatic heterocycles. The van der Waals surface area contributed by atoms with Crippen LogP contribution in [0.3, 0.4) is 0 Å². The summed E-state index contributed by atoms with van der Waals surface area (Å²) in [5.74, 6) is 0. The molecule has 0 saturated carbocycles. The highest BCUT2D eigenvalue weighted by molar-refractivity contribution is 9.10. The first-order valence-corrected chi connectivity index (χ1v) is 5.54. The summed E-state index contributed by atoms with van der Waals surface area (Å²) in [6.45, 7) is 0. The number of fused-ring (bicyclic) bond motifs is 1. The lowest BCUT2D eigenvalue weighted by molar-refractivity contribution is 0.108. The Morgan fingerprint density at radius 2 is 2.15 bits per heavy atom. The molecule has 0 aliphatic rings. The summed E-state index contributed by atoms with van der Waals surface area (Å²) in [4.78, 5) is 11.5. The van der Waals surface area contributed by atoms with Crippen LogP contribution in [-0.4, -0.2) is 5.24 Å². The lowest BCUT2D eigenvalue weighted by Crippen LogP contribution is -1.78. The van der Waals surface area contributed by atoms with E-state index in [1.807, 2.05) is 24.3 Å². The summed E-state index contributed by atoms with van der Waals surface area (Å²) in [5.41, 5.74) is 0. The Morgan fingerprint density at radius 3 is 2.85 bits per heavy atom. The zero-order valence-electron chi connectivity index (χ0n) is 6.38. The van der Waals surface area contributed by atoms with Crippen molar-refractivity contribution in [2.75, 3.05) is 0 Å². The Labute approximate surface area is 92.5 Å². The van der Waals surface area contributed by atoms with Crippen molar-refractivity contribution in [2.45, 2.75) is 0 Å². The number of carbonyl (C=O) groups excluding carboxylic acids is 1. The third kappa shape index (κ3) is 1.77. The number of carbonyl (C=O) groups is 1. The molecule has 1 nitrogen and oxygen atoms in total. The van der Waals surface area contributed by atoms with E-state index in [0.29, 0.717) is 4.88 Å². The van der Waals surface area contributed by atoms with Gasteiger partial charge < -0.3 is 0 Å². The van der Waals surface area contributed by atoms with Gasteiger partial charge in [-0.15, -0.1) is 11.3 Å². The second-order valence-corrected chi connectivity index (χ2v) is 4.91. The van der Waals surface area contributed by atoms with Gasteiger partial charge in [0, 0.05) is 9.17 Å². The molecule has 0 spiro atoms. The van der Waals surface area contributed by atoms with E-state index in [0.717, 1.165) is 14.6 Å². The summed E-state index contributed by atoms with van der Waals surface area (Å²) < 4.78 is 2.08. The third-order valence-electron chi connectivity index (χ3n) is 1.68. The summed E-state index contributed by atoms with van der Waals surface area (Å²) in [6, 6.07) is 7.68. The second kappa shape index (κ2) is 3.40. The molecule has 0 radical (unpaired) electrons. The summed E-state index contributed by atoms with van der Waals surface area (Å²) in [7, 11) is 0.